The Morgan fingerprint density at radius 2 is 1.91 bits per heavy atom. The van der Waals surface area contributed by atoms with Gasteiger partial charge in [0, 0.05) is 46.5 Å². The number of nitrogens with zero attached hydrogens (tertiary/aromatic N) is 1. The summed E-state index contributed by atoms with van der Waals surface area (Å²) in [6.07, 6.45) is 2.08. The number of rotatable bonds is 6. The number of hydrogen-bond acceptors (Lipinski definition) is 3. The van der Waals surface area contributed by atoms with Gasteiger partial charge in [0.25, 0.3) is 11.8 Å². The minimum atomic E-state index is -0.315. The van der Waals surface area contributed by atoms with Crippen LogP contribution in [0.1, 0.15) is 32.0 Å². The number of fused-ring (bicyclic) bond motifs is 1. The van der Waals surface area contributed by atoms with Gasteiger partial charge in [-0.15, -0.1) is 0 Å². The van der Waals surface area contributed by atoms with Crippen molar-refractivity contribution in [2.24, 2.45) is 0 Å². The summed E-state index contributed by atoms with van der Waals surface area (Å²) in [5, 5.41) is 6.30. The van der Waals surface area contributed by atoms with E-state index in [9.17, 15) is 14.0 Å². The number of H-pyrrole nitrogens is 1. The lowest BCUT2D eigenvalue weighted by atomic mass is 10.1. The normalized spacial score (nSPS) is 10.9. The number of amides is 2. The molecule has 0 aliphatic heterocycles. The lowest BCUT2D eigenvalue weighted by Gasteiger charge is -2.08. The predicted octanol–water partition coefficient (Wildman–Crippen LogP) is 4.77. The van der Waals surface area contributed by atoms with Crippen molar-refractivity contribution in [1.29, 1.82) is 0 Å². The van der Waals surface area contributed by atoms with Gasteiger partial charge in [0.1, 0.15) is 5.82 Å². The van der Waals surface area contributed by atoms with Crippen LogP contribution in [0.3, 0.4) is 0 Å². The first-order valence-corrected chi connectivity index (χ1v) is 11.2. The van der Waals surface area contributed by atoms with E-state index in [-0.39, 0.29) is 17.6 Å². The Labute approximate surface area is 198 Å². The number of nitrogens with one attached hydrogen (secondary N) is 3. The number of aromatic amines is 1. The molecule has 0 saturated carbocycles. The van der Waals surface area contributed by atoms with E-state index in [2.05, 4.69) is 36.5 Å². The second kappa shape index (κ2) is 9.54. The highest BCUT2D eigenvalue weighted by molar-refractivity contribution is 9.10. The summed E-state index contributed by atoms with van der Waals surface area (Å²) in [5.74, 6) is -0.726. The summed E-state index contributed by atoms with van der Waals surface area (Å²) < 4.78 is 14.9. The third-order valence-corrected chi connectivity index (χ3v) is 5.94. The maximum Gasteiger partial charge on any atom is 0.252 e. The van der Waals surface area contributed by atoms with E-state index in [1.165, 1.54) is 12.3 Å². The minimum absolute atomic E-state index is 0.173. The second-order valence-corrected chi connectivity index (χ2v) is 8.55. The van der Waals surface area contributed by atoms with Crippen LogP contribution >= 0.6 is 15.9 Å². The number of carbonyl (C=O) groups is 2. The second-order valence-electron chi connectivity index (χ2n) is 7.64. The topological polar surface area (TPSA) is 86.9 Å². The van der Waals surface area contributed by atoms with E-state index in [0.29, 0.717) is 39.8 Å². The molecule has 4 rings (SSSR count). The lowest BCUT2D eigenvalue weighted by molar-refractivity contribution is 0.0949. The Bertz CT molecular complexity index is 1350. The summed E-state index contributed by atoms with van der Waals surface area (Å²) in [5.41, 5.74) is 4.74. The molecule has 0 aliphatic rings. The summed E-state index contributed by atoms with van der Waals surface area (Å²) in [6.45, 7) is 2.29. The predicted molar refractivity (Wildman–Crippen MR) is 130 cm³/mol. The van der Waals surface area contributed by atoms with Crippen LogP contribution in [0, 0.1) is 12.7 Å². The van der Waals surface area contributed by atoms with Crippen molar-refractivity contribution in [1.82, 2.24) is 20.6 Å². The van der Waals surface area contributed by atoms with Gasteiger partial charge in [0.05, 0.1) is 16.8 Å². The van der Waals surface area contributed by atoms with Crippen LogP contribution in [0.15, 0.2) is 59.2 Å². The van der Waals surface area contributed by atoms with Crippen molar-refractivity contribution < 1.29 is 14.0 Å². The molecular formula is C25H22BrFN4O2. The van der Waals surface area contributed by atoms with Crippen molar-refractivity contribution in [3.8, 4) is 11.3 Å². The van der Waals surface area contributed by atoms with Crippen LogP contribution in [0.2, 0.25) is 0 Å². The third-order valence-electron chi connectivity index (χ3n) is 5.48. The van der Waals surface area contributed by atoms with Gasteiger partial charge in [-0.25, -0.2) is 4.39 Å². The molecule has 2 aromatic carbocycles. The molecule has 33 heavy (non-hydrogen) atoms. The first kappa shape index (κ1) is 22.7. The number of carbonyl (C=O) groups excluding carboxylic acids is 2. The Kier molecular flexibility index (Phi) is 6.55. The van der Waals surface area contributed by atoms with Crippen LogP contribution in [-0.4, -0.2) is 35.4 Å². The monoisotopic (exact) mass is 508 g/mol. The molecule has 2 heterocycles. The maximum atomic E-state index is 14.2. The number of aryl methyl sites for hydroxylation is 1. The van der Waals surface area contributed by atoms with Crippen LogP contribution < -0.4 is 10.6 Å². The molecular weight excluding hydrogens is 487 g/mol. The largest absolute Gasteiger partial charge is 0.356 e. The number of aromatic nitrogens is 2. The third kappa shape index (κ3) is 4.80. The van der Waals surface area contributed by atoms with E-state index in [4.69, 9.17) is 0 Å². The van der Waals surface area contributed by atoms with Crippen molar-refractivity contribution in [2.45, 2.75) is 13.3 Å². The summed E-state index contributed by atoms with van der Waals surface area (Å²) in [6, 6.07) is 13.9. The number of hydrogen-bond donors (Lipinski definition) is 3. The van der Waals surface area contributed by atoms with E-state index in [1.54, 1.807) is 37.4 Å². The van der Waals surface area contributed by atoms with Crippen molar-refractivity contribution in [2.75, 3.05) is 13.6 Å². The summed E-state index contributed by atoms with van der Waals surface area (Å²) >= 11 is 3.34. The lowest BCUT2D eigenvalue weighted by Crippen LogP contribution is -2.25. The molecule has 0 atom stereocenters. The molecule has 0 radical (unpaired) electrons. The van der Waals surface area contributed by atoms with E-state index < -0.39 is 0 Å². The first-order chi connectivity index (χ1) is 15.9. The highest BCUT2D eigenvalue weighted by Gasteiger charge is 2.14. The van der Waals surface area contributed by atoms with E-state index in [1.807, 2.05) is 19.1 Å². The van der Waals surface area contributed by atoms with Gasteiger partial charge in [-0.1, -0.05) is 28.1 Å². The van der Waals surface area contributed by atoms with Crippen LogP contribution in [0.4, 0.5) is 4.39 Å². The zero-order chi connectivity index (χ0) is 23.5. The molecule has 0 bridgehead atoms. The van der Waals surface area contributed by atoms with Gasteiger partial charge in [-0.2, -0.15) is 0 Å². The zero-order valence-corrected chi connectivity index (χ0v) is 19.7. The van der Waals surface area contributed by atoms with Crippen LogP contribution in [0.5, 0.6) is 0 Å². The fourth-order valence-corrected chi connectivity index (χ4v) is 4.22. The van der Waals surface area contributed by atoms with Gasteiger partial charge in [-0.3, -0.25) is 14.6 Å². The fraction of sp³-hybridized carbons (Fsp3) is 0.160. The molecule has 0 spiro atoms. The summed E-state index contributed by atoms with van der Waals surface area (Å²) in [7, 11) is 1.58. The van der Waals surface area contributed by atoms with Gasteiger partial charge in [0.2, 0.25) is 0 Å². The highest BCUT2D eigenvalue weighted by Crippen LogP contribution is 2.28. The Morgan fingerprint density at radius 3 is 2.64 bits per heavy atom. The smallest absolute Gasteiger partial charge is 0.252 e. The number of pyridine rings is 1. The van der Waals surface area contributed by atoms with Crippen LogP contribution in [0.25, 0.3) is 22.2 Å². The average Bonchev–Trinajstić information content (AvgIpc) is 3.14. The van der Waals surface area contributed by atoms with Crippen molar-refractivity contribution >= 4 is 38.6 Å². The van der Waals surface area contributed by atoms with Crippen LogP contribution in [-0.2, 0) is 6.42 Å². The molecule has 6 nitrogen and oxygen atoms in total. The number of benzene rings is 2. The Morgan fingerprint density at radius 1 is 1.09 bits per heavy atom. The SMILES string of the molecule is CNC(=O)c1cccc(-c2ccc(C(=O)NCCc3c(C)[nH]c4c(F)cc(Br)cc34)cn2)c1. The highest BCUT2D eigenvalue weighted by atomic mass is 79.9. The molecule has 2 amide bonds. The molecule has 0 saturated heterocycles. The van der Waals surface area contributed by atoms with E-state index in [0.717, 1.165) is 22.2 Å². The quantitative estimate of drug-likeness (QED) is 0.350. The zero-order valence-electron chi connectivity index (χ0n) is 18.1. The molecule has 3 N–H and O–H groups in total. The standard InChI is InChI=1S/C25H22BrFN4O2/c1-14-19(20-11-18(26)12-21(27)23(20)31-14)8-9-29-25(33)17-6-7-22(30-13-17)15-4-3-5-16(10-15)24(32)28-2/h3-7,10-13,31H,8-9H2,1-2H3,(H,28,32)(H,29,33). The molecule has 8 heteroatoms. The molecule has 4 aromatic rings. The fourth-order valence-electron chi connectivity index (χ4n) is 3.79. The molecule has 0 aliphatic carbocycles. The Balaban J connectivity index is 1.43. The van der Waals surface area contributed by atoms with Gasteiger partial charge in [0.15, 0.2) is 0 Å². The molecule has 0 unspecified atom stereocenters. The average molecular weight is 509 g/mol. The van der Waals surface area contributed by atoms with Gasteiger partial charge >= 0.3 is 0 Å². The van der Waals surface area contributed by atoms with Gasteiger partial charge in [-0.05, 0) is 55.3 Å². The maximum absolute atomic E-state index is 14.2. The molecule has 0 fully saturated rings. The van der Waals surface area contributed by atoms with Crippen molar-refractivity contribution in [3.63, 3.8) is 0 Å². The van der Waals surface area contributed by atoms with Crippen molar-refractivity contribution in [3.05, 3.63) is 87.4 Å². The minimum Gasteiger partial charge on any atom is -0.356 e. The Hall–Kier alpha value is -3.52. The molecule has 2 aromatic heterocycles. The van der Waals surface area contributed by atoms with Gasteiger partial charge < -0.3 is 15.6 Å². The molecule has 168 valence electrons. The first-order valence-electron chi connectivity index (χ1n) is 10.4. The van der Waals surface area contributed by atoms with E-state index >= 15 is 0 Å². The number of halogens is 2. The summed E-state index contributed by atoms with van der Waals surface area (Å²) in [4.78, 5) is 31.9.